The van der Waals surface area contributed by atoms with Gasteiger partial charge in [0.15, 0.2) is 0 Å². The summed E-state index contributed by atoms with van der Waals surface area (Å²) >= 11 is 0. The van der Waals surface area contributed by atoms with Crippen LogP contribution in [0.15, 0.2) is 109 Å². The van der Waals surface area contributed by atoms with E-state index >= 15 is 0 Å². The van der Waals surface area contributed by atoms with Gasteiger partial charge in [-0.25, -0.2) is 14.4 Å². The number of carbonyl (C=O) groups excluding carboxylic acids is 4. The lowest BCUT2D eigenvalue weighted by Crippen LogP contribution is -2.44. The van der Waals surface area contributed by atoms with Crippen LogP contribution in [0.4, 0.5) is 0 Å². The van der Waals surface area contributed by atoms with Gasteiger partial charge < -0.3 is 18.9 Å². The van der Waals surface area contributed by atoms with E-state index in [-0.39, 0.29) is 26.4 Å². The fraction of sp³-hybridized carbons (Fsp3) is 0.263. The van der Waals surface area contributed by atoms with Crippen molar-refractivity contribution in [3.8, 4) is 0 Å². The third-order valence-corrected chi connectivity index (χ3v) is 7.14. The molecule has 46 heavy (non-hydrogen) atoms. The molecule has 0 aliphatic heterocycles. The quantitative estimate of drug-likeness (QED) is 0.0983. The Kier molecular flexibility index (Phi) is 13.7. The molecule has 0 spiro atoms. The van der Waals surface area contributed by atoms with Crippen LogP contribution < -0.4 is 0 Å². The first kappa shape index (κ1) is 35.2. The Bertz CT molecular complexity index is 1350. The molecule has 3 rings (SSSR count). The minimum atomic E-state index is -1.41. The highest BCUT2D eigenvalue weighted by molar-refractivity contribution is 5.88. The summed E-state index contributed by atoms with van der Waals surface area (Å²) in [6.07, 6.45) is 9.07. The molecule has 3 aromatic rings. The van der Waals surface area contributed by atoms with Crippen molar-refractivity contribution in [3.05, 3.63) is 126 Å². The summed E-state index contributed by atoms with van der Waals surface area (Å²) in [5, 5.41) is 0. The Morgan fingerprint density at radius 2 is 0.826 bits per heavy atom. The van der Waals surface area contributed by atoms with E-state index in [1.54, 1.807) is 32.1 Å². The summed E-state index contributed by atoms with van der Waals surface area (Å²) in [5.41, 5.74) is 0.159. The lowest BCUT2D eigenvalue weighted by molar-refractivity contribution is -0.171. The number of carbonyl (C=O) groups is 4. The fourth-order valence-electron chi connectivity index (χ4n) is 3.81. The maximum Gasteiger partial charge on any atom is 0.330 e. The van der Waals surface area contributed by atoms with Gasteiger partial charge in [-0.15, -0.1) is 0 Å². The summed E-state index contributed by atoms with van der Waals surface area (Å²) in [6, 6.07) is 27.6. The van der Waals surface area contributed by atoms with Crippen molar-refractivity contribution in [2.75, 3.05) is 26.4 Å². The molecule has 0 radical (unpaired) electrons. The minimum Gasteiger partial charge on any atom is -0.464 e. The highest BCUT2D eigenvalue weighted by atomic mass is 16.6. The van der Waals surface area contributed by atoms with E-state index in [2.05, 4.69) is 0 Å². The average Bonchev–Trinajstić information content (AvgIpc) is 3.09. The van der Waals surface area contributed by atoms with Crippen LogP contribution in [0, 0.1) is 10.8 Å². The normalized spacial score (nSPS) is 11.9. The van der Waals surface area contributed by atoms with Gasteiger partial charge in [0.2, 0.25) is 0 Å². The molecule has 0 aliphatic carbocycles. The van der Waals surface area contributed by atoms with Crippen molar-refractivity contribution in [2.45, 2.75) is 27.2 Å². The number of hydrogen-bond donors (Lipinski definition) is 0. The predicted octanol–water partition coefficient (Wildman–Crippen LogP) is 6.72. The second-order valence-electron chi connectivity index (χ2n) is 11.4. The van der Waals surface area contributed by atoms with Crippen LogP contribution in [0.2, 0.25) is 0 Å². The van der Waals surface area contributed by atoms with Crippen molar-refractivity contribution < 1.29 is 38.1 Å². The van der Waals surface area contributed by atoms with Gasteiger partial charge in [0.1, 0.15) is 31.8 Å². The molecule has 0 unspecified atom stereocenters. The molecule has 240 valence electrons. The molecule has 0 fully saturated rings. The Morgan fingerprint density at radius 1 is 0.522 bits per heavy atom. The average molecular weight is 625 g/mol. The van der Waals surface area contributed by atoms with Crippen molar-refractivity contribution in [3.63, 3.8) is 0 Å². The van der Waals surface area contributed by atoms with Gasteiger partial charge in [0, 0.05) is 18.2 Å². The Morgan fingerprint density at radius 3 is 1.13 bits per heavy atom. The van der Waals surface area contributed by atoms with Crippen molar-refractivity contribution >= 4 is 42.1 Å². The highest BCUT2D eigenvalue weighted by Crippen LogP contribution is 2.26. The van der Waals surface area contributed by atoms with Crippen LogP contribution in [0.1, 0.15) is 43.9 Å². The van der Waals surface area contributed by atoms with E-state index in [1.807, 2.05) is 97.9 Å². The van der Waals surface area contributed by atoms with Gasteiger partial charge in [-0.3, -0.25) is 4.79 Å². The largest absolute Gasteiger partial charge is 0.464 e. The number of benzene rings is 3. The molecule has 0 saturated heterocycles. The third-order valence-electron chi connectivity index (χ3n) is 7.14. The van der Waals surface area contributed by atoms with Crippen LogP contribution in [0.3, 0.4) is 0 Å². The van der Waals surface area contributed by atoms with Crippen LogP contribution >= 0.6 is 0 Å². The van der Waals surface area contributed by atoms with E-state index < -0.39 is 34.7 Å². The van der Waals surface area contributed by atoms with Crippen LogP contribution in [-0.4, -0.2) is 50.3 Å². The first-order valence-corrected chi connectivity index (χ1v) is 15.0. The van der Waals surface area contributed by atoms with Gasteiger partial charge in [-0.2, -0.15) is 0 Å². The first-order valence-electron chi connectivity index (χ1n) is 15.0. The summed E-state index contributed by atoms with van der Waals surface area (Å²) in [4.78, 5) is 51.2. The second-order valence-corrected chi connectivity index (χ2v) is 11.4. The van der Waals surface area contributed by atoms with Gasteiger partial charge in [-0.1, -0.05) is 97.9 Å². The van der Waals surface area contributed by atoms with E-state index in [4.69, 9.17) is 18.9 Å². The maximum atomic E-state index is 13.0. The summed E-state index contributed by atoms with van der Waals surface area (Å²) < 4.78 is 22.4. The molecular weight excluding hydrogens is 584 g/mol. The lowest BCUT2D eigenvalue weighted by Gasteiger charge is -2.32. The molecule has 8 nitrogen and oxygen atoms in total. The van der Waals surface area contributed by atoms with Gasteiger partial charge >= 0.3 is 23.9 Å². The van der Waals surface area contributed by atoms with Crippen LogP contribution in [-0.2, 0) is 38.1 Å². The second kappa shape index (κ2) is 17.9. The molecule has 0 atom stereocenters. The molecule has 0 saturated carbocycles. The third kappa shape index (κ3) is 12.4. The van der Waals surface area contributed by atoms with E-state index in [0.717, 1.165) is 16.7 Å². The van der Waals surface area contributed by atoms with Gasteiger partial charge in [0.25, 0.3) is 0 Å². The number of hydrogen-bond acceptors (Lipinski definition) is 8. The smallest absolute Gasteiger partial charge is 0.330 e. The van der Waals surface area contributed by atoms with Crippen molar-refractivity contribution in [1.82, 2.24) is 0 Å². The molecule has 0 aromatic heterocycles. The fourth-order valence-corrected chi connectivity index (χ4v) is 3.81. The molecule has 0 bridgehead atoms. The molecule has 0 aliphatic rings. The minimum absolute atomic E-state index is 0.351. The standard InChI is InChI=1S/C38H40O8/c1-4-37(2,3)36(42)46-29-38(26-43-33(39)23-20-30-14-8-5-9-15-30,27-44-34(40)24-21-31-16-10-6-11-17-31)28-45-35(41)25-22-32-18-12-7-13-19-32/h5-25H,4,26-29H2,1-3H3/b23-20+,24-21+,25-22+. The first-order chi connectivity index (χ1) is 22.1. The zero-order chi connectivity index (χ0) is 33.3. The van der Waals surface area contributed by atoms with Crippen LogP contribution in [0.25, 0.3) is 18.2 Å². The number of esters is 4. The Hall–Kier alpha value is -5.24. The molecule has 3 aromatic carbocycles. The Balaban J connectivity index is 1.82. The SMILES string of the molecule is CCC(C)(C)C(=O)OCC(COC(=O)/C=C/c1ccccc1)(COC(=O)/C=C/c1ccccc1)COC(=O)/C=C/c1ccccc1. The molecule has 8 heteroatoms. The van der Waals surface area contributed by atoms with Crippen LogP contribution in [0.5, 0.6) is 0 Å². The van der Waals surface area contributed by atoms with Gasteiger partial charge in [-0.05, 0) is 55.2 Å². The monoisotopic (exact) mass is 624 g/mol. The predicted molar refractivity (Wildman–Crippen MR) is 177 cm³/mol. The molecule has 0 heterocycles. The summed E-state index contributed by atoms with van der Waals surface area (Å²) in [5.74, 6) is -2.54. The summed E-state index contributed by atoms with van der Waals surface area (Å²) in [6.45, 7) is 3.86. The zero-order valence-electron chi connectivity index (χ0n) is 26.4. The van der Waals surface area contributed by atoms with E-state index in [0.29, 0.717) is 6.42 Å². The zero-order valence-corrected chi connectivity index (χ0v) is 26.4. The lowest BCUT2D eigenvalue weighted by atomic mass is 9.89. The Labute approximate surface area is 270 Å². The maximum absolute atomic E-state index is 13.0. The van der Waals surface area contributed by atoms with Crippen molar-refractivity contribution in [2.24, 2.45) is 10.8 Å². The van der Waals surface area contributed by atoms with Crippen molar-refractivity contribution in [1.29, 1.82) is 0 Å². The number of rotatable bonds is 16. The topological polar surface area (TPSA) is 105 Å². The van der Waals surface area contributed by atoms with Gasteiger partial charge in [0.05, 0.1) is 5.41 Å². The number of ether oxygens (including phenoxy) is 4. The highest BCUT2D eigenvalue weighted by Gasteiger charge is 2.39. The molecule has 0 amide bonds. The van der Waals surface area contributed by atoms with E-state index in [9.17, 15) is 19.2 Å². The summed E-state index contributed by atoms with van der Waals surface area (Å²) in [7, 11) is 0. The molecular formula is C38H40O8. The molecule has 0 N–H and O–H groups in total. The van der Waals surface area contributed by atoms with E-state index in [1.165, 1.54) is 18.2 Å².